The Morgan fingerprint density at radius 3 is 2.79 bits per heavy atom. The van der Waals surface area contributed by atoms with Crippen LogP contribution < -0.4 is 16.6 Å². The Bertz CT molecular complexity index is 451. The van der Waals surface area contributed by atoms with Gasteiger partial charge in [0.25, 0.3) is 5.56 Å². The Labute approximate surface area is 114 Å². The fourth-order valence-electron chi connectivity index (χ4n) is 1.73. The lowest BCUT2D eigenvalue weighted by atomic mass is 10.1. The van der Waals surface area contributed by atoms with E-state index in [1.54, 1.807) is 24.1 Å². The summed E-state index contributed by atoms with van der Waals surface area (Å²) in [6.07, 6.45) is 4.05. The molecule has 1 atom stereocenters. The number of aromatic nitrogens is 2. The van der Waals surface area contributed by atoms with Gasteiger partial charge in [0.2, 0.25) is 0 Å². The molecule has 6 heteroatoms. The number of nitrogens with zero attached hydrogens (tertiary/aromatic N) is 2. The van der Waals surface area contributed by atoms with Gasteiger partial charge in [0, 0.05) is 37.6 Å². The lowest BCUT2D eigenvalue weighted by Crippen LogP contribution is -2.35. The summed E-state index contributed by atoms with van der Waals surface area (Å²) >= 11 is 0. The zero-order valence-electron chi connectivity index (χ0n) is 12.1. The summed E-state index contributed by atoms with van der Waals surface area (Å²) in [7, 11) is 1.62. The molecular formula is C13H24N4O2. The molecule has 0 fully saturated rings. The predicted octanol–water partition coefficient (Wildman–Crippen LogP) is 0.774. The van der Waals surface area contributed by atoms with Crippen LogP contribution in [0.2, 0.25) is 0 Å². The molecule has 0 spiro atoms. The number of ether oxygens (including phenoxy) is 1. The molecule has 1 heterocycles. The maximum atomic E-state index is 12.2. The third-order valence-corrected chi connectivity index (χ3v) is 2.75. The number of hydrogen-bond acceptors (Lipinski definition) is 5. The quantitative estimate of drug-likeness (QED) is 0.796. The van der Waals surface area contributed by atoms with Gasteiger partial charge in [-0.3, -0.25) is 4.79 Å². The van der Waals surface area contributed by atoms with Crippen LogP contribution in [-0.2, 0) is 10.3 Å². The van der Waals surface area contributed by atoms with Crippen LogP contribution in [-0.4, -0.2) is 35.9 Å². The number of rotatable bonds is 6. The fourth-order valence-corrected chi connectivity index (χ4v) is 1.73. The minimum absolute atomic E-state index is 0.0361. The molecule has 0 amide bonds. The molecule has 108 valence electrons. The average Bonchev–Trinajstić information content (AvgIpc) is 2.30. The Balaban J connectivity index is 2.68. The van der Waals surface area contributed by atoms with Crippen LogP contribution in [0.15, 0.2) is 17.2 Å². The molecular weight excluding hydrogens is 244 g/mol. The molecule has 0 saturated carbocycles. The van der Waals surface area contributed by atoms with Crippen molar-refractivity contribution in [2.24, 2.45) is 5.73 Å². The second kappa shape index (κ2) is 6.68. The van der Waals surface area contributed by atoms with E-state index >= 15 is 0 Å². The molecule has 1 aromatic heterocycles. The highest BCUT2D eigenvalue weighted by Crippen LogP contribution is 2.10. The monoisotopic (exact) mass is 268 g/mol. The molecule has 0 aliphatic rings. The van der Waals surface area contributed by atoms with Crippen molar-refractivity contribution < 1.29 is 4.74 Å². The molecule has 19 heavy (non-hydrogen) atoms. The van der Waals surface area contributed by atoms with Gasteiger partial charge in [-0.25, -0.2) is 4.98 Å². The van der Waals surface area contributed by atoms with Crippen LogP contribution >= 0.6 is 0 Å². The normalized spacial score (nSPS) is 13.3. The Morgan fingerprint density at radius 1 is 1.53 bits per heavy atom. The van der Waals surface area contributed by atoms with Crippen molar-refractivity contribution in [3.63, 3.8) is 0 Å². The van der Waals surface area contributed by atoms with Gasteiger partial charge in [0.15, 0.2) is 5.82 Å². The van der Waals surface area contributed by atoms with Crippen molar-refractivity contribution in [1.29, 1.82) is 0 Å². The number of hydrogen-bond donors (Lipinski definition) is 2. The second-order valence-corrected chi connectivity index (χ2v) is 5.55. The molecule has 0 saturated heterocycles. The van der Waals surface area contributed by atoms with E-state index in [0.29, 0.717) is 19.0 Å². The third-order valence-electron chi connectivity index (χ3n) is 2.75. The van der Waals surface area contributed by atoms with Gasteiger partial charge >= 0.3 is 0 Å². The Hall–Kier alpha value is -1.40. The first-order valence-electron chi connectivity index (χ1n) is 6.42. The number of methoxy groups -OCH3 is 1. The summed E-state index contributed by atoms with van der Waals surface area (Å²) in [5.74, 6) is 0.363. The smallest absolute Gasteiger partial charge is 0.293 e. The largest absolute Gasteiger partial charge is 0.383 e. The lowest BCUT2D eigenvalue weighted by Gasteiger charge is -2.22. The number of nitrogens with two attached hydrogens (primary N) is 1. The Morgan fingerprint density at radius 2 is 2.21 bits per heavy atom. The summed E-state index contributed by atoms with van der Waals surface area (Å²) in [6.45, 7) is 7.04. The van der Waals surface area contributed by atoms with Gasteiger partial charge in [0.1, 0.15) is 0 Å². The van der Waals surface area contributed by atoms with E-state index < -0.39 is 0 Å². The maximum Gasteiger partial charge on any atom is 0.293 e. The van der Waals surface area contributed by atoms with Gasteiger partial charge in [-0.05, 0) is 27.2 Å². The van der Waals surface area contributed by atoms with Crippen molar-refractivity contribution >= 4 is 5.82 Å². The maximum absolute atomic E-state index is 12.2. The van der Waals surface area contributed by atoms with E-state index in [4.69, 9.17) is 10.5 Å². The molecule has 1 aromatic rings. The Kier molecular flexibility index (Phi) is 5.50. The van der Waals surface area contributed by atoms with Crippen LogP contribution in [0.1, 0.15) is 27.2 Å². The van der Waals surface area contributed by atoms with E-state index in [1.807, 2.05) is 20.8 Å². The molecule has 3 N–H and O–H groups in total. The first-order valence-corrected chi connectivity index (χ1v) is 6.42. The van der Waals surface area contributed by atoms with Gasteiger partial charge in [-0.15, -0.1) is 0 Å². The minimum Gasteiger partial charge on any atom is -0.383 e. The lowest BCUT2D eigenvalue weighted by molar-refractivity contribution is 0.178. The average molecular weight is 268 g/mol. The van der Waals surface area contributed by atoms with E-state index in [9.17, 15) is 4.79 Å². The predicted molar refractivity (Wildman–Crippen MR) is 76.5 cm³/mol. The molecule has 1 rings (SSSR count). The van der Waals surface area contributed by atoms with Gasteiger partial charge in [-0.2, -0.15) is 0 Å². The van der Waals surface area contributed by atoms with Crippen molar-refractivity contribution in [2.45, 2.75) is 38.8 Å². The molecule has 1 unspecified atom stereocenters. The first kappa shape index (κ1) is 15.7. The number of anilines is 1. The molecule has 0 aliphatic heterocycles. The summed E-state index contributed by atoms with van der Waals surface area (Å²) in [5.41, 5.74) is 5.44. The highest BCUT2D eigenvalue weighted by atomic mass is 16.5. The highest BCUT2D eigenvalue weighted by molar-refractivity contribution is 5.31. The van der Waals surface area contributed by atoms with Gasteiger partial charge < -0.3 is 20.4 Å². The molecule has 0 aromatic carbocycles. The van der Waals surface area contributed by atoms with Crippen molar-refractivity contribution in [3.8, 4) is 0 Å². The van der Waals surface area contributed by atoms with Crippen LogP contribution in [0.3, 0.4) is 0 Å². The first-order chi connectivity index (χ1) is 8.86. The van der Waals surface area contributed by atoms with Crippen molar-refractivity contribution in [3.05, 3.63) is 22.7 Å². The molecule has 0 aliphatic carbocycles. The molecule has 0 radical (unpaired) electrons. The van der Waals surface area contributed by atoms with Crippen LogP contribution in [0.5, 0.6) is 0 Å². The summed E-state index contributed by atoms with van der Waals surface area (Å²) in [4.78, 5) is 16.3. The third kappa shape index (κ3) is 4.65. The highest BCUT2D eigenvalue weighted by Gasteiger charge is 2.16. The van der Waals surface area contributed by atoms with E-state index in [0.717, 1.165) is 6.42 Å². The van der Waals surface area contributed by atoms with E-state index in [1.165, 1.54) is 0 Å². The van der Waals surface area contributed by atoms with Gasteiger partial charge in [-0.1, -0.05) is 0 Å². The summed E-state index contributed by atoms with van der Waals surface area (Å²) in [6, 6.07) is -0.0361. The van der Waals surface area contributed by atoms with Gasteiger partial charge in [0.05, 0.1) is 6.61 Å². The van der Waals surface area contributed by atoms with Crippen LogP contribution in [0.4, 0.5) is 5.82 Å². The van der Waals surface area contributed by atoms with Crippen LogP contribution in [0, 0.1) is 0 Å². The zero-order valence-corrected chi connectivity index (χ0v) is 12.1. The SMILES string of the molecule is COCC(N)CCNc1nccn(C(C)(C)C)c1=O. The van der Waals surface area contributed by atoms with E-state index in [-0.39, 0.29) is 17.1 Å². The zero-order chi connectivity index (χ0) is 14.5. The second-order valence-electron chi connectivity index (χ2n) is 5.55. The number of nitrogens with one attached hydrogen (secondary N) is 1. The minimum atomic E-state index is -0.261. The summed E-state index contributed by atoms with van der Waals surface area (Å²) in [5, 5.41) is 3.03. The summed E-state index contributed by atoms with van der Waals surface area (Å²) < 4.78 is 6.62. The van der Waals surface area contributed by atoms with E-state index in [2.05, 4.69) is 10.3 Å². The topological polar surface area (TPSA) is 82.2 Å². The van der Waals surface area contributed by atoms with Crippen molar-refractivity contribution in [2.75, 3.05) is 25.6 Å². The molecule has 6 nitrogen and oxygen atoms in total. The van der Waals surface area contributed by atoms with Crippen LogP contribution in [0.25, 0.3) is 0 Å². The van der Waals surface area contributed by atoms with Crippen molar-refractivity contribution in [1.82, 2.24) is 9.55 Å². The standard InChI is InChI=1S/C13H24N4O2/c1-13(2,3)17-8-7-16-11(12(17)18)15-6-5-10(14)9-19-4/h7-8,10H,5-6,9,14H2,1-4H3,(H,15,16). The fraction of sp³-hybridized carbons (Fsp3) is 0.692. The molecule has 0 bridgehead atoms.